The minimum atomic E-state index is 0.405. The lowest BCUT2D eigenvalue weighted by Crippen LogP contribution is -2.11. The molecule has 0 bridgehead atoms. The Hall–Kier alpha value is -0.730. The molecular formula is C11H15NS. The number of benzene rings is 1. The van der Waals surface area contributed by atoms with Gasteiger partial charge in [-0.1, -0.05) is 50.3 Å². The number of thiocarbonyl (C=S) groups is 1. The fourth-order valence-corrected chi connectivity index (χ4v) is 1.45. The molecule has 0 aliphatic carbocycles. The Morgan fingerprint density at radius 1 is 1.38 bits per heavy atom. The van der Waals surface area contributed by atoms with Gasteiger partial charge in [-0.2, -0.15) is 0 Å². The van der Waals surface area contributed by atoms with Crippen LogP contribution in [0.2, 0.25) is 0 Å². The van der Waals surface area contributed by atoms with E-state index in [1.165, 1.54) is 0 Å². The highest BCUT2D eigenvalue weighted by Crippen LogP contribution is 2.14. The highest BCUT2D eigenvalue weighted by molar-refractivity contribution is 7.80. The van der Waals surface area contributed by atoms with Gasteiger partial charge in [0.2, 0.25) is 0 Å². The Morgan fingerprint density at radius 3 is 2.54 bits per heavy atom. The maximum Gasteiger partial charge on any atom is 0.0253 e. The Morgan fingerprint density at radius 2 is 2.00 bits per heavy atom. The van der Waals surface area contributed by atoms with Crippen molar-refractivity contribution >= 4 is 17.1 Å². The van der Waals surface area contributed by atoms with Gasteiger partial charge in [-0.15, -0.1) is 0 Å². The van der Waals surface area contributed by atoms with Gasteiger partial charge in [-0.05, 0) is 17.0 Å². The van der Waals surface area contributed by atoms with E-state index in [4.69, 9.17) is 18.0 Å². The molecule has 0 radical (unpaired) electrons. The number of hydrogen-bond acceptors (Lipinski definition) is 2. The van der Waals surface area contributed by atoms with Crippen molar-refractivity contribution < 1.29 is 0 Å². The topological polar surface area (TPSA) is 26.0 Å². The lowest BCUT2D eigenvalue weighted by Gasteiger charge is -2.11. The highest BCUT2D eigenvalue weighted by atomic mass is 32.1. The summed E-state index contributed by atoms with van der Waals surface area (Å²) in [6.45, 7) is 4.77. The summed E-state index contributed by atoms with van der Waals surface area (Å²) < 4.78 is 0. The molecule has 0 unspecified atom stereocenters. The quantitative estimate of drug-likeness (QED) is 0.589. The van der Waals surface area contributed by atoms with E-state index in [0.717, 1.165) is 16.0 Å². The van der Waals surface area contributed by atoms with Crippen molar-refractivity contribution in [3.8, 4) is 0 Å². The summed E-state index contributed by atoms with van der Waals surface area (Å²) in [4.78, 5) is 1.00. The predicted molar refractivity (Wildman–Crippen MR) is 60.9 cm³/mol. The first-order chi connectivity index (χ1) is 6.16. The van der Waals surface area contributed by atoms with Gasteiger partial charge in [-0.25, -0.2) is 0 Å². The fraction of sp³-hybridized carbons (Fsp3) is 0.364. The molecule has 1 aromatic rings. The third-order valence-corrected chi connectivity index (χ3v) is 2.72. The van der Waals surface area contributed by atoms with Gasteiger partial charge in [-0.3, -0.25) is 0 Å². The molecular weight excluding hydrogens is 178 g/mol. The highest BCUT2D eigenvalue weighted by Gasteiger charge is 2.08. The van der Waals surface area contributed by atoms with Crippen molar-refractivity contribution in [3.05, 3.63) is 35.4 Å². The molecule has 0 aromatic heterocycles. The number of hydrogen-bond donors (Lipinski definition) is 1. The summed E-state index contributed by atoms with van der Waals surface area (Å²) in [6.07, 6.45) is 0. The molecule has 0 fully saturated rings. The molecule has 13 heavy (non-hydrogen) atoms. The Kier molecular flexibility index (Phi) is 3.58. The Labute approximate surface area is 85.0 Å². The van der Waals surface area contributed by atoms with Crippen LogP contribution in [0.25, 0.3) is 0 Å². The largest absolute Gasteiger partial charge is 0.326 e. The lowest BCUT2D eigenvalue weighted by atomic mass is 9.98. The summed E-state index contributed by atoms with van der Waals surface area (Å²) in [5, 5.41) is 0. The van der Waals surface area contributed by atoms with Crippen LogP contribution in [0, 0.1) is 5.92 Å². The lowest BCUT2D eigenvalue weighted by molar-refractivity contribution is 0.898. The third-order valence-electron chi connectivity index (χ3n) is 2.03. The van der Waals surface area contributed by atoms with E-state index in [2.05, 4.69) is 13.8 Å². The van der Waals surface area contributed by atoms with Gasteiger partial charge in [0.15, 0.2) is 0 Å². The van der Waals surface area contributed by atoms with E-state index in [9.17, 15) is 0 Å². The molecule has 1 rings (SSSR count). The van der Waals surface area contributed by atoms with E-state index in [0.29, 0.717) is 12.5 Å². The molecule has 0 saturated heterocycles. The predicted octanol–water partition coefficient (Wildman–Crippen LogP) is 2.52. The van der Waals surface area contributed by atoms with Crippen molar-refractivity contribution in [1.29, 1.82) is 0 Å². The van der Waals surface area contributed by atoms with Crippen LogP contribution in [0.5, 0.6) is 0 Å². The zero-order valence-electron chi connectivity index (χ0n) is 8.08. The molecule has 2 heteroatoms. The van der Waals surface area contributed by atoms with E-state index >= 15 is 0 Å². The van der Waals surface area contributed by atoms with Crippen LogP contribution in [0.3, 0.4) is 0 Å². The van der Waals surface area contributed by atoms with Gasteiger partial charge >= 0.3 is 0 Å². The van der Waals surface area contributed by atoms with Crippen LogP contribution in [0.1, 0.15) is 25.0 Å². The summed E-state index contributed by atoms with van der Waals surface area (Å²) in [5.74, 6) is 0.405. The minimum Gasteiger partial charge on any atom is -0.326 e. The first-order valence-corrected chi connectivity index (χ1v) is 4.89. The second kappa shape index (κ2) is 4.49. The van der Waals surface area contributed by atoms with Crippen LogP contribution in [0.15, 0.2) is 24.3 Å². The van der Waals surface area contributed by atoms with E-state index in [1.54, 1.807) is 0 Å². The van der Waals surface area contributed by atoms with E-state index in [-0.39, 0.29) is 0 Å². The smallest absolute Gasteiger partial charge is 0.0253 e. The molecule has 0 aliphatic rings. The summed E-state index contributed by atoms with van der Waals surface area (Å²) >= 11 is 5.34. The molecule has 2 N–H and O–H groups in total. The van der Waals surface area contributed by atoms with Crippen LogP contribution in [0.4, 0.5) is 0 Å². The summed E-state index contributed by atoms with van der Waals surface area (Å²) in [5.41, 5.74) is 7.90. The second-order valence-corrected chi connectivity index (χ2v) is 3.82. The van der Waals surface area contributed by atoms with Crippen LogP contribution in [-0.4, -0.2) is 4.86 Å². The zero-order chi connectivity index (χ0) is 9.84. The van der Waals surface area contributed by atoms with Gasteiger partial charge < -0.3 is 5.73 Å². The van der Waals surface area contributed by atoms with Crippen LogP contribution >= 0.6 is 12.2 Å². The third kappa shape index (κ3) is 2.36. The maximum atomic E-state index is 5.63. The molecule has 1 nitrogen and oxygen atoms in total. The molecule has 0 heterocycles. The van der Waals surface area contributed by atoms with Gasteiger partial charge in [0.05, 0.1) is 0 Å². The van der Waals surface area contributed by atoms with Crippen LogP contribution < -0.4 is 5.73 Å². The number of rotatable bonds is 3. The standard InChI is InChI=1S/C11H15NS/c1-8(2)11(13)10-6-4-3-5-9(10)7-12/h3-6,8H,7,12H2,1-2H3. The molecule has 0 saturated carbocycles. The van der Waals surface area contributed by atoms with Crippen molar-refractivity contribution in [3.63, 3.8) is 0 Å². The van der Waals surface area contributed by atoms with Gasteiger partial charge in [0.25, 0.3) is 0 Å². The molecule has 70 valence electrons. The summed E-state index contributed by atoms with van der Waals surface area (Å²) in [7, 11) is 0. The van der Waals surface area contributed by atoms with Gasteiger partial charge in [0.1, 0.15) is 0 Å². The fourth-order valence-electron chi connectivity index (χ4n) is 1.25. The van der Waals surface area contributed by atoms with Gasteiger partial charge in [0, 0.05) is 11.4 Å². The minimum absolute atomic E-state index is 0.405. The molecule has 0 atom stereocenters. The van der Waals surface area contributed by atoms with Crippen molar-refractivity contribution in [2.24, 2.45) is 11.7 Å². The maximum absolute atomic E-state index is 5.63. The van der Waals surface area contributed by atoms with E-state index in [1.807, 2.05) is 24.3 Å². The first kappa shape index (κ1) is 10.4. The van der Waals surface area contributed by atoms with Crippen LogP contribution in [-0.2, 0) is 6.54 Å². The first-order valence-electron chi connectivity index (χ1n) is 4.49. The van der Waals surface area contributed by atoms with Crippen molar-refractivity contribution in [2.45, 2.75) is 20.4 Å². The monoisotopic (exact) mass is 193 g/mol. The Bertz CT molecular complexity index is 305. The SMILES string of the molecule is CC(C)C(=S)c1ccccc1CN. The Balaban J connectivity index is 3.06. The number of nitrogens with two attached hydrogens (primary N) is 1. The second-order valence-electron chi connectivity index (χ2n) is 3.38. The zero-order valence-corrected chi connectivity index (χ0v) is 8.90. The van der Waals surface area contributed by atoms with Crippen molar-refractivity contribution in [2.75, 3.05) is 0 Å². The average Bonchev–Trinajstić information content (AvgIpc) is 2.16. The van der Waals surface area contributed by atoms with E-state index < -0.39 is 0 Å². The molecule has 0 amide bonds. The average molecular weight is 193 g/mol. The molecule has 0 aliphatic heterocycles. The van der Waals surface area contributed by atoms with Crippen molar-refractivity contribution in [1.82, 2.24) is 0 Å². The molecule has 0 spiro atoms. The normalized spacial score (nSPS) is 10.5. The summed E-state index contributed by atoms with van der Waals surface area (Å²) in [6, 6.07) is 8.08. The molecule has 1 aromatic carbocycles.